The second kappa shape index (κ2) is 9.54. The van der Waals surface area contributed by atoms with E-state index >= 15 is 4.39 Å². The van der Waals surface area contributed by atoms with Crippen molar-refractivity contribution in [3.8, 4) is 6.07 Å². The molecule has 36 heavy (non-hydrogen) atoms. The fourth-order valence-electron chi connectivity index (χ4n) is 5.19. The average molecular weight is 497 g/mol. The Labute approximate surface area is 210 Å². The molecule has 0 bridgehead atoms. The lowest BCUT2D eigenvalue weighted by Gasteiger charge is -2.42. The molecule has 2 heterocycles. The van der Waals surface area contributed by atoms with Gasteiger partial charge in [-0.05, 0) is 64.2 Å². The van der Waals surface area contributed by atoms with Crippen molar-refractivity contribution < 1.29 is 19.4 Å². The first kappa shape index (κ1) is 25.6. The summed E-state index contributed by atoms with van der Waals surface area (Å²) in [7, 11) is 1.97. The second-order valence-corrected chi connectivity index (χ2v) is 10.7. The maximum atomic E-state index is 15.7. The molecule has 192 valence electrons. The molecule has 1 amide bonds. The number of anilines is 3. The third-order valence-electron chi connectivity index (χ3n) is 7.40. The summed E-state index contributed by atoms with van der Waals surface area (Å²) in [6, 6.07) is 7.72. The van der Waals surface area contributed by atoms with Gasteiger partial charge in [0.05, 0.1) is 47.8 Å². The number of rotatable bonds is 6. The summed E-state index contributed by atoms with van der Waals surface area (Å²) in [5.41, 5.74) is 0.270. The van der Waals surface area contributed by atoms with E-state index in [9.17, 15) is 20.3 Å². The van der Waals surface area contributed by atoms with Gasteiger partial charge in [-0.2, -0.15) is 5.26 Å². The van der Waals surface area contributed by atoms with Crippen LogP contribution in [0.4, 0.5) is 26.4 Å². The van der Waals surface area contributed by atoms with Crippen molar-refractivity contribution in [2.24, 2.45) is 11.8 Å². The van der Waals surface area contributed by atoms with Gasteiger partial charge in [-0.25, -0.2) is 14.2 Å². The molecule has 10 heteroatoms. The number of aromatic nitrogens is 2. The van der Waals surface area contributed by atoms with Crippen LogP contribution in [-0.2, 0) is 5.60 Å². The molecular formula is C26H33FN6O3. The molecule has 1 aliphatic heterocycles. The van der Waals surface area contributed by atoms with Crippen molar-refractivity contribution in [1.82, 2.24) is 9.97 Å². The van der Waals surface area contributed by atoms with E-state index in [0.717, 1.165) is 16.3 Å². The first-order valence-corrected chi connectivity index (χ1v) is 12.1. The Bertz CT molecular complexity index is 1160. The smallest absolute Gasteiger partial charge is 0.413 e. The van der Waals surface area contributed by atoms with Crippen molar-refractivity contribution >= 4 is 23.3 Å². The zero-order valence-electron chi connectivity index (χ0n) is 21.1. The molecule has 1 aromatic heterocycles. The predicted octanol–water partition coefficient (Wildman–Crippen LogP) is 4.12. The summed E-state index contributed by atoms with van der Waals surface area (Å²) in [6.45, 7) is 6.07. The fourth-order valence-corrected chi connectivity index (χ4v) is 5.19. The minimum absolute atomic E-state index is 0.0454. The Morgan fingerprint density at radius 2 is 2.08 bits per heavy atom. The lowest BCUT2D eigenvalue weighted by atomic mass is 9.72. The van der Waals surface area contributed by atoms with E-state index in [1.807, 2.05) is 19.2 Å². The van der Waals surface area contributed by atoms with Crippen LogP contribution in [0.2, 0.25) is 0 Å². The van der Waals surface area contributed by atoms with E-state index in [0.29, 0.717) is 43.7 Å². The molecule has 0 radical (unpaired) electrons. The summed E-state index contributed by atoms with van der Waals surface area (Å²) in [5, 5.41) is 29.3. The number of aliphatic hydroxyl groups is 1. The van der Waals surface area contributed by atoms with Gasteiger partial charge in [0.1, 0.15) is 11.3 Å². The molecule has 0 spiro atoms. The summed E-state index contributed by atoms with van der Waals surface area (Å²) >= 11 is 0. The molecule has 3 atom stereocenters. The number of hydrogen-bond acceptors (Lipinski definition) is 7. The molecule has 1 fully saturated rings. The highest BCUT2D eigenvalue weighted by Gasteiger charge is 2.43. The standard InChI is InChI=1S/C26H33FN6O3/c1-25(2,36)22-12-30-23(13-29-22)33(24(34)35)14-18-7-8-26(3,27)19(9-18)15-32-16-31(4)20-6-5-17(11-28)10-21(20)32/h5-6,10,12-13,18-19,36H,7-9,14-16H2,1-4H3,(H,34,35)/t18?,19-,26?/m0/s1. The van der Waals surface area contributed by atoms with E-state index in [1.54, 1.807) is 26.8 Å². The van der Waals surface area contributed by atoms with Gasteiger partial charge >= 0.3 is 6.09 Å². The molecule has 2 N–H and O–H groups in total. The lowest BCUT2D eigenvalue weighted by molar-refractivity contribution is 0.0382. The third-order valence-corrected chi connectivity index (χ3v) is 7.40. The first-order chi connectivity index (χ1) is 16.9. The molecule has 2 aromatic rings. The molecule has 1 aromatic carbocycles. The van der Waals surface area contributed by atoms with Crippen molar-refractivity contribution in [1.29, 1.82) is 5.26 Å². The Kier molecular flexibility index (Phi) is 6.80. The average Bonchev–Trinajstić information content (AvgIpc) is 3.13. The number of benzene rings is 1. The summed E-state index contributed by atoms with van der Waals surface area (Å²) in [6.07, 6.45) is 3.02. The van der Waals surface area contributed by atoms with Gasteiger partial charge in [-0.15, -0.1) is 0 Å². The number of carboxylic acid groups (broad SMARTS) is 1. The fraction of sp³-hybridized carbons (Fsp3) is 0.538. The van der Waals surface area contributed by atoms with Gasteiger partial charge in [0.25, 0.3) is 0 Å². The zero-order valence-corrected chi connectivity index (χ0v) is 21.1. The normalized spacial score (nSPS) is 23.8. The largest absolute Gasteiger partial charge is 0.465 e. The van der Waals surface area contributed by atoms with Crippen LogP contribution in [-0.4, -0.2) is 58.7 Å². The van der Waals surface area contributed by atoms with Crippen molar-refractivity contribution in [2.45, 2.75) is 51.3 Å². The number of amides is 1. The number of fused-ring (bicyclic) bond motifs is 1. The molecule has 0 saturated heterocycles. The Hall–Kier alpha value is -3.45. The summed E-state index contributed by atoms with van der Waals surface area (Å²) < 4.78 is 15.7. The van der Waals surface area contributed by atoms with Crippen molar-refractivity contribution in [3.05, 3.63) is 41.9 Å². The minimum atomic E-state index is -1.38. The summed E-state index contributed by atoms with van der Waals surface area (Å²) in [5.74, 6) is -0.170. The molecule has 1 aliphatic carbocycles. The quantitative estimate of drug-likeness (QED) is 0.613. The van der Waals surface area contributed by atoms with E-state index < -0.39 is 17.4 Å². The minimum Gasteiger partial charge on any atom is -0.465 e. The van der Waals surface area contributed by atoms with Crippen molar-refractivity contribution in [2.75, 3.05) is 41.5 Å². The zero-order chi connectivity index (χ0) is 26.3. The maximum absolute atomic E-state index is 15.7. The number of alkyl halides is 1. The van der Waals surface area contributed by atoms with Crippen LogP contribution in [0.5, 0.6) is 0 Å². The highest BCUT2D eigenvalue weighted by Crippen LogP contribution is 2.43. The molecule has 9 nitrogen and oxygen atoms in total. The van der Waals surface area contributed by atoms with Crippen LogP contribution < -0.4 is 14.7 Å². The molecule has 4 rings (SSSR count). The molecule has 1 saturated carbocycles. The van der Waals surface area contributed by atoms with Gasteiger partial charge in [0.15, 0.2) is 5.82 Å². The first-order valence-electron chi connectivity index (χ1n) is 12.1. The number of hydrogen-bond donors (Lipinski definition) is 2. The Morgan fingerprint density at radius 3 is 2.69 bits per heavy atom. The number of nitrogens with zero attached hydrogens (tertiary/aromatic N) is 6. The number of carbonyl (C=O) groups is 1. The molecule has 2 aliphatic rings. The monoisotopic (exact) mass is 496 g/mol. The van der Waals surface area contributed by atoms with Crippen LogP contribution >= 0.6 is 0 Å². The SMILES string of the molecule is CN1CN(C[C@@H]2CC(CN(C(=O)O)c3cnc(C(C)(C)O)cn3)CCC2(C)F)c2cc(C#N)ccc21. The van der Waals surface area contributed by atoms with Crippen LogP contribution in [0.15, 0.2) is 30.6 Å². The lowest BCUT2D eigenvalue weighted by Crippen LogP contribution is -2.47. The van der Waals surface area contributed by atoms with Crippen LogP contribution in [0.25, 0.3) is 0 Å². The van der Waals surface area contributed by atoms with Crippen LogP contribution in [0, 0.1) is 23.2 Å². The van der Waals surface area contributed by atoms with Gasteiger partial charge in [-0.1, -0.05) is 0 Å². The van der Waals surface area contributed by atoms with E-state index in [1.165, 1.54) is 12.4 Å². The van der Waals surface area contributed by atoms with Gasteiger partial charge in [0.2, 0.25) is 0 Å². The van der Waals surface area contributed by atoms with E-state index in [4.69, 9.17) is 0 Å². The molecule has 2 unspecified atom stereocenters. The summed E-state index contributed by atoms with van der Waals surface area (Å²) in [4.78, 5) is 25.8. The highest BCUT2D eigenvalue weighted by atomic mass is 19.1. The topological polar surface area (TPSA) is 117 Å². The highest BCUT2D eigenvalue weighted by molar-refractivity contribution is 5.84. The third kappa shape index (κ3) is 5.21. The van der Waals surface area contributed by atoms with Gasteiger partial charge < -0.3 is 20.0 Å². The number of nitriles is 1. The van der Waals surface area contributed by atoms with Gasteiger partial charge in [0, 0.05) is 26.1 Å². The predicted molar refractivity (Wildman–Crippen MR) is 135 cm³/mol. The van der Waals surface area contributed by atoms with Crippen molar-refractivity contribution in [3.63, 3.8) is 0 Å². The maximum Gasteiger partial charge on any atom is 0.413 e. The van der Waals surface area contributed by atoms with E-state index in [-0.39, 0.29) is 24.2 Å². The number of halogens is 1. The molecular weight excluding hydrogens is 463 g/mol. The Morgan fingerprint density at radius 1 is 1.33 bits per heavy atom. The Balaban J connectivity index is 1.50. The van der Waals surface area contributed by atoms with Crippen LogP contribution in [0.3, 0.4) is 0 Å². The van der Waals surface area contributed by atoms with E-state index in [2.05, 4.69) is 25.8 Å². The van der Waals surface area contributed by atoms with Gasteiger partial charge in [-0.3, -0.25) is 9.88 Å². The van der Waals surface area contributed by atoms with Crippen LogP contribution in [0.1, 0.15) is 51.3 Å². The second-order valence-electron chi connectivity index (χ2n) is 10.7.